The number of amides is 1. The van der Waals surface area contributed by atoms with Crippen LogP contribution in [0.4, 0.5) is 5.88 Å². The minimum atomic E-state index is -0.263. The minimum absolute atomic E-state index is 0.263. The molecule has 1 N–H and O–H groups in total. The first-order valence-corrected chi connectivity index (χ1v) is 8.24. The van der Waals surface area contributed by atoms with E-state index in [1.807, 2.05) is 23.1 Å². The van der Waals surface area contributed by atoms with Crippen molar-refractivity contribution >= 4 is 34.9 Å². The summed E-state index contributed by atoms with van der Waals surface area (Å²) in [5, 5.41) is 11.2. The maximum atomic E-state index is 12.2. The summed E-state index contributed by atoms with van der Waals surface area (Å²) in [6.45, 7) is 0. The third kappa shape index (κ3) is 2.98. The van der Waals surface area contributed by atoms with E-state index in [2.05, 4.69) is 15.5 Å². The number of carbonyl (C=O) groups is 1. The molecule has 3 heterocycles. The van der Waals surface area contributed by atoms with Crippen LogP contribution in [0.1, 0.15) is 10.4 Å². The van der Waals surface area contributed by atoms with Gasteiger partial charge in [-0.1, -0.05) is 5.16 Å². The molecule has 0 fully saturated rings. The van der Waals surface area contributed by atoms with E-state index in [0.717, 1.165) is 5.56 Å². The lowest BCUT2D eigenvalue weighted by Gasteiger charge is -2.04. The highest BCUT2D eigenvalue weighted by molar-refractivity contribution is 7.98. The van der Waals surface area contributed by atoms with E-state index in [1.54, 1.807) is 35.7 Å². The second kappa shape index (κ2) is 6.11. The Hall–Kier alpha value is -2.12. The maximum Gasteiger partial charge on any atom is 0.260 e. The van der Waals surface area contributed by atoms with Crippen LogP contribution in [0.25, 0.3) is 11.3 Å². The van der Waals surface area contributed by atoms with Gasteiger partial charge >= 0.3 is 0 Å². The van der Waals surface area contributed by atoms with Crippen molar-refractivity contribution in [1.29, 1.82) is 0 Å². The summed E-state index contributed by atoms with van der Waals surface area (Å²) in [5.74, 6) is 0.0533. The summed E-state index contributed by atoms with van der Waals surface area (Å²) >= 11 is 3.00. The zero-order valence-corrected chi connectivity index (χ0v) is 12.7. The lowest BCUT2D eigenvalue weighted by atomic mass is 10.2. The van der Waals surface area contributed by atoms with Crippen molar-refractivity contribution in [3.63, 3.8) is 0 Å². The number of thiophene rings is 1. The van der Waals surface area contributed by atoms with Gasteiger partial charge in [0.1, 0.15) is 10.7 Å². The molecule has 0 atom stereocenters. The maximum absolute atomic E-state index is 12.2. The molecule has 21 heavy (non-hydrogen) atoms. The number of hydrogen-bond donors (Lipinski definition) is 1. The molecule has 0 aliphatic carbocycles. The number of thioether (sulfide) groups is 1. The average Bonchev–Trinajstić information content (AvgIpc) is 3.17. The fourth-order valence-electron chi connectivity index (χ4n) is 1.79. The van der Waals surface area contributed by atoms with Crippen LogP contribution >= 0.6 is 23.1 Å². The van der Waals surface area contributed by atoms with Gasteiger partial charge in [0.25, 0.3) is 5.91 Å². The van der Waals surface area contributed by atoms with Crippen molar-refractivity contribution in [2.45, 2.75) is 5.03 Å². The third-order valence-electron chi connectivity index (χ3n) is 2.77. The molecule has 0 saturated carbocycles. The molecule has 1 amide bonds. The van der Waals surface area contributed by atoms with Gasteiger partial charge in [0.05, 0.1) is 5.56 Å². The van der Waals surface area contributed by atoms with E-state index >= 15 is 0 Å². The zero-order chi connectivity index (χ0) is 14.7. The fraction of sp³-hybridized carbons (Fsp3) is 0.0714. The molecular weight excluding hydrogens is 306 g/mol. The molecule has 3 aromatic rings. The predicted molar refractivity (Wildman–Crippen MR) is 83.8 cm³/mol. The Kier molecular flexibility index (Phi) is 4.03. The van der Waals surface area contributed by atoms with Gasteiger partial charge in [-0.15, -0.1) is 11.8 Å². The lowest BCUT2D eigenvalue weighted by molar-refractivity contribution is 0.102. The first kappa shape index (κ1) is 13.8. The average molecular weight is 317 g/mol. The number of anilines is 1. The number of nitrogens with zero attached hydrogens (tertiary/aromatic N) is 2. The van der Waals surface area contributed by atoms with E-state index in [9.17, 15) is 4.79 Å². The normalized spacial score (nSPS) is 10.5. The van der Waals surface area contributed by atoms with Gasteiger partial charge < -0.3 is 4.52 Å². The molecule has 106 valence electrons. The molecule has 0 radical (unpaired) electrons. The second-order valence-corrected chi connectivity index (χ2v) is 5.68. The molecule has 0 unspecified atom stereocenters. The Balaban J connectivity index is 1.79. The van der Waals surface area contributed by atoms with Crippen molar-refractivity contribution < 1.29 is 9.32 Å². The Morgan fingerprint density at radius 3 is 3.10 bits per heavy atom. The van der Waals surface area contributed by atoms with Crippen LogP contribution < -0.4 is 5.32 Å². The highest BCUT2D eigenvalue weighted by Gasteiger charge is 2.14. The number of pyridine rings is 1. The summed E-state index contributed by atoms with van der Waals surface area (Å²) in [5.41, 5.74) is 2.18. The third-order valence-corrected chi connectivity index (χ3v) is 4.17. The van der Waals surface area contributed by atoms with Gasteiger partial charge in [0.2, 0.25) is 5.88 Å². The molecule has 0 saturated heterocycles. The van der Waals surface area contributed by atoms with Crippen molar-refractivity contribution in [2.75, 3.05) is 11.6 Å². The molecule has 3 aromatic heterocycles. The van der Waals surface area contributed by atoms with E-state index in [-0.39, 0.29) is 5.91 Å². The SMILES string of the molecule is CSc1ncccc1C(=O)Nc1cc(-c2ccsc2)no1. The zero-order valence-electron chi connectivity index (χ0n) is 11.1. The molecule has 0 bridgehead atoms. The molecule has 3 rings (SSSR count). The Morgan fingerprint density at radius 2 is 2.33 bits per heavy atom. The summed E-state index contributed by atoms with van der Waals surface area (Å²) in [4.78, 5) is 16.4. The van der Waals surface area contributed by atoms with Crippen molar-refractivity contribution in [3.05, 3.63) is 46.8 Å². The van der Waals surface area contributed by atoms with Gasteiger partial charge in [-0.3, -0.25) is 10.1 Å². The van der Waals surface area contributed by atoms with Gasteiger partial charge in [-0.05, 0) is 29.8 Å². The summed E-state index contributed by atoms with van der Waals surface area (Å²) < 4.78 is 5.15. The molecule has 7 heteroatoms. The van der Waals surface area contributed by atoms with Gasteiger partial charge in [-0.25, -0.2) is 4.98 Å². The largest absolute Gasteiger partial charge is 0.338 e. The summed E-state index contributed by atoms with van der Waals surface area (Å²) in [6.07, 6.45) is 3.54. The topological polar surface area (TPSA) is 68.0 Å². The van der Waals surface area contributed by atoms with E-state index in [0.29, 0.717) is 22.2 Å². The van der Waals surface area contributed by atoms with E-state index < -0.39 is 0 Å². The Bertz CT molecular complexity index is 753. The Labute approximate surface area is 129 Å². The minimum Gasteiger partial charge on any atom is -0.338 e. The van der Waals surface area contributed by atoms with Crippen LogP contribution in [-0.2, 0) is 0 Å². The van der Waals surface area contributed by atoms with Crippen molar-refractivity contribution in [1.82, 2.24) is 10.1 Å². The van der Waals surface area contributed by atoms with E-state index in [1.165, 1.54) is 11.8 Å². The first-order chi connectivity index (χ1) is 10.3. The van der Waals surface area contributed by atoms with Gasteiger partial charge in [-0.2, -0.15) is 11.3 Å². The quantitative estimate of drug-likeness (QED) is 0.742. The van der Waals surface area contributed by atoms with Crippen LogP contribution in [0, 0.1) is 0 Å². The van der Waals surface area contributed by atoms with Crippen LogP contribution in [0.3, 0.4) is 0 Å². The number of hydrogen-bond acceptors (Lipinski definition) is 6. The molecule has 0 aromatic carbocycles. The highest BCUT2D eigenvalue weighted by atomic mass is 32.2. The van der Waals surface area contributed by atoms with Crippen LogP contribution in [0.5, 0.6) is 0 Å². The number of rotatable bonds is 4. The Morgan fingerprint density at radius 1 is 1.43 bits per heavy atom. The van der Waals surface area contributed by atoms with Crippen LogP contribution in [0.2, 0.25) is 0 Å². The van der Waals surface area contributed by atoms with Crippen LogP contribution in [-0.4, -0.2) is 22.3 Å². The first-order valence-electron chi connectivity index (χ1n) is 6.07. The molecule has 0 aliphatic rings. The predicted octanol–water partition coefficient (Wildman–Crippen LogP) is 3.77. The molecule has 0 aliphatic heterocycles. The molecule has 0 spiro atoms. The smallest absolute Gasteiger partial charge is 0.260 e. The van der Waals surface area contributed by atoms with Crippen LogP contribution in [0.15, 0.2) is 50.8 Å². The van der Waals surface area contributed by atoms with Crippen molar-refractivity contribution in [3.8, 4) is 11.3 Å². The van der Waals surface area contributed by atoms with Gasteiger partial charge in [0, 0.05) is 23.2 Å². The summed E-state index contributed by atoms with van der Waals surface area (Å²) in [6, 6.07) is 7.10. The number of carbonyl (C=O) groups excluding carboxylic acids is 1. The number of nitrogens with one attached hydrogen (secondary N) is 1. The number of aromatic nitrogens is 2. The van der Waals surface area contributed by atoms with Gasteiger partial charge in [0.15, 0.2) is 0 Å². The second-order valence-electron chi connectivity index (χ2n) is 4.10. The molecular formula is C14H11N3O2S2. The fourth-order valence-corrected chi connectivity index (χ4v) is 2.98. The lowest BCUT2D eigenvalue weighted by Crippen LogP contribution is -2.13. The van der Waals surface area contributed by atoms with Crippen molar-refractivity contribution in [2.24, 2.45) is 0 Å². The monoisotopic (exact) mass is 317 g/mol. The standard InChI is InChI=1S/C14H11N3O2S2/c1-20-14-10(3-2-5-15-14)13(18)16-12-7-11(17-19-12)9-4-6-21-8-9/h2-8H,1H3,(H,16,18). The van der Waals surface area contributed by atoms with E-state index in [4.69, 9.17) is 4.52 Å². The molecule has 5 nitrogen and oxygen atoms in total. The summed E-state index contributed by atoms with van der Waals surface area (Å²) in [7, 11) is 0. The highest BCUT2D eigenvalue weighted by Crippen LogP contribution is 2.24.